The molecule has 1 aliphatic heterocycles. The van der Waals surface area contributed by atoms with Crippen LogP contribution in [0.5, 0.6) is 5.75 Å². The van der Waals surface area contributed by atoms with E-state index >= 15 is 0 Å². The summed E-state index contributed by atoms with van der Waals surface area (Å²) >= 11 is 0. The predicted octanol–water partition coefficient (Wildman–Crippen LogP) is 3.28. The molecule has 2 heterocycles. The number of nitrogens with two attached hydrogens (primary N) is 1. The molecule has 0 fully saturated rings. The molecule has 0 radical (unpaired) electrons. The van der Waals surface area contributed by atoms with Crippen molar-refractivity contribution in [3.63, 3.8) is 0 Å². The Hall–Kier alpha value is -3.37. The van der Waals surface area contributed by atoms with Crippen LogP contribution in [-0.4, -0.2) is 31.5 Å². The van der Waals surface area contributed by atoms with Crippen LogP contribution in [0.15, 0.2) is 47.5 Å². The van der Waals surface area contributed by atoms with Crippen molar-refractivity contribution in [2.45, 2.75) is 31.3 Å². The minimum atomic E-state index is -4.03. The van der Waals surface area contributed by atoms with Gasteiger partial charge in [0.15, 0.2) is 0 Å². The fourth-order valence-electron chi connectivity index (χ4n) is 3.55. The summed E-state index contributed by atoms with van der Waals surface area (Å²) in [6.45, 7) is 3.90. The minimum absolute atomic E-state index is 0.0698. The molecular weight excluding hydrogens is 416 g/mol. The Morgan fingerprint density at radius 3 is 2.68 bits per heavy atom. The lowest BCUT2D eigenvalue weighted by molar-refractivity contribution is 0.249. The number of ether oxygens (including phenoxy) is 1. The van der Waals surface area contributed by atoms with Gasteiger partial charge in [0.1, 0.15) is 22.6 Å². The van der Waals surface area contributed by atoms with Crippen LogP contribution in [0, 0.1) is 6.92 Å². The van der Waals surface area contributed by atoms with Crippen LogP contribution in [0.25, 0.3) is 0 Å². The van der Waals surface area contributed by atoms with Gasteiger partial charge in [-0.05, 0) is 49.2 Å². The van der Waals surface area contributed by atoms with Crippen LogP contribution in [0.3, 0.4) is 0 Å². The van der Waals surface area contributed by atoms with E-state index in [0.717, 1.165) is 22.5 Å². The number of nitrogens with zero attached hydrogens (tertiary/aromatic N) is 2. The molecule has 0 bridgehead atoms. The van der Waals surface area contributed by atoms with E-state index < -0.39 is 10.0 Å². The molecule has 162 valence electrons. The molecule has 1 unspecified atom stereocenters. The van der Waals surface area contributed by atoms with Crippen molar-refractivity contribution in [1.29, 1.82) is 0 Å². The number of sulfonamides is 1. The second-order valence-corrected chi connectivity index (χ2v) is 8.90. The number of anilines is 5. The highest BCUT2D eigenvalue weighted by atomic mass is 32.2. The summed E-state index contributed by atoms with van der Waals surface area (Å²) in [6.07, 6.45) is 2.09. The number of nitrogens with one attached hydrogen (secondary N) is 3. The van der Waals surface area contributed by atoms with E-state index in [9.17, 15) is 8.42 Å². The van der Waals surface area contributed by atoms with Crippen LogP contribution in [0.4, 0.5) is 28.8 Å². The third-order valence-electron chi connectivity index (χ3n) is 4.99. The Bertz CT molecular complexity index is 1250. The molecule has 10 heteroatoms. The normalized spacial score (nSPS) is 15.2. The van der Waals surface area contributed by atoms with Crippen molar-refractivity contribution < 1.29 is 13.2 Å². The molecule has 0 saturated carbocycles. The van der Waals surface area contributed by atoms with Crippen molar-refractivity contribution in [3.05, 3.63) is 53.7 Å². The van der Waals surface area contributed by atoms with Gasteiger partial charge in [-0.25, -0.2) is 18.5 Å². The van der Waals surface area contributed by atoms with Gasteiger partial charge in [0.05, 0.1) is 5.69 Å². The average molecular weight is 441 g/mol. The van der Waals surface area contributed by atoms with Gasteiger partial charge in [0.2, 0.25) is 16.0 Å². The van der Waals surface area contributed by atoms with Gasteiger partial charge < -0.3 is 20.7 Å². The second-order valence-electron chi connectivity index (χ2n) is 7.40. The summed E-state index contributed by atoms with van der Waals surface area (Å²) in [5.41, 5.74) is 4.04. The van der Waals surface area contributed by atoms with E-state index in [1.54, 1.807) is 18.3 Å². The Morgan fingerprint density at radius 1 is 1.13 bits per heavy atom. The Labute approximate surface area is 181 Å². The van der Waals surface area contributed by atoms with Gasteiger partial charge >= 0.3 is 0 Å². The molecule has 1 atom stereocenters. The molecule has 0 spiro atoms. The first-order valence-electron chi connectivity index (χ1n) is 9.75. The van der Waals surface area contributed by atoms with Gasteiger partial charge in [-0.1, -0.05) is 12.1 Å². The molecule has 9 nitrogen and oxygen atoms in total. The lowest BCUT2D eigenvalue weighted by Crippen LogP contribution is -2.16. The smallest absolute Gasteiger partial charge is 0.243 e. The van der Waals surface area contributed by atoms with Crippen LogP contribution >= 0.6 is 0 Å². The van der Waals surface area contributed by atoms with Crippen LogP contribution in [0.1, 0.15) is 18.1 Å². The van der Waals surface area contributed by atoms with E-state index in [4.69, 9.17) is 9.88 Å². The van der Waals surface area contributed by atoms with Gasteiger partial charge in [-0.15, -0.1) is 0 Å². The van der Waals surface area contributed by atoms with Gasteiger partial charge in [-0.2, -0.15) is 4.98 Å². The first-order valence-corrected chi connectivity index (χ1v) is 11.3. The summed E-state index contributed by atoms with van der Waals surface area (Å²) in [4.78, 5) is 8.62. The number of hydrogen-bond acceptors (Lipinski definition) is 8. The summed E-state index contributed by atoms with van der Waals surface area (Å²) < 4.78 is 30.4. The quantitative estimate of drug-likeness (QED) is 0.459. The van der Waals surface area contributed by atoms with Crippen molar-refractivity contribution in [2.24, 2.45) is 5.14 Å². The summed E-state index contributed by atoms with van der Waals surface area (Å²) in [5.74, 6) is 1.07. The van der Waals surface area contributed by atoms with Gasteiger partial charge in [0.25, 0.3) is 0 Å². The first-order chi connectivity index (χ1) is 14.7. The number of rotatable bonds is 6. The lowest BCUT2D eigenvalue weighted by atomic mass is 10.1. The highest BCUT2D eigenvalue weighted by Gasteiger charge is 2.29. The van der Waals surface area contributed by atoms with Gasteiger partial charge in [0, 0.05) is 31.0 Å². The van der Waals surface area contributed by atoms with E-state index in [1.807, 2.05) is 45.2 Å². The summed E-state index contributed by atoms with van der Waals surface area (Å²) in [7, 11) is -2.17. The highest BCUT2D eigenvalue weighted by molar-refractivity contribution is 7.89. The average Bonchev–Trinajstić information content (AvgIpc) is 3.08. The standard InChI is InChI=1S/C21H24N6O3S/c1-12-4-6-15(11-17(12)23-3)25-21-24-9-8-18(27-21)26-16-7-5-14-10-13(2)30-19(14)20(16)31(22,28)29/h4-9,11,13,23H,10H2,1-3H3,(H2,22,28,29)(H2,24,25,26,27). The largest absolute Gasteiger partial charge is 0.489 e. The maximum absolute atomic E-state index is 12.3. The van der Waals surface area contributed by atoms with Crippen LogP contribution in [0.2, 0.25) is 0 Å². The molecule has 2 aromatic carbocycles. The third-order valence-corrected chi connectivity index (χ3v) is 5.96. The first kappa shape index (κ1) is 20.9. The molecule has 0 amide bonds. The predicted molar refractivity (Wildman–Crippen MR) is 121 cm³/mol. The van der Waals surface area contributed by atoms with E-state index in [-0.39, 0.29) is 11.0 Å². The second kappa shape index (κ2) is 8.05. The number of aryl methyl sites for hydroxylation is 1. The van der Waals surface area contributed by atoms with Crippen molar-refractivity contribution >= 4 is 38.9 Å². The number of hydrogen-bond donors (Lipinski definition) is 4. The van der Waals surface area contributed by atoms with Gasteiger partial charge in [-0.3, -0.25) is 0 Å². The minimum Gasteiger partial charge on any atom is -0.489 e. The molecular formula is C21H24N6O3S. The molecule has 31 heavy (non-hydrogen) atoms. The zero-order chi connectivity index (χ0) is 22.2. The Kier molecular flexibility index (Phi) is 5.42. The molecule has 4 rings (SSSR count). The number of benzene rings is 2. The van der Waals surface area contributed by atoms with E-state index in [2.05, 4.69) is 25.9 Å². The molecule has 5 N–H and O–H groups in total. The van der Waals surface area contributed by atoms with Crippen LogP contribution < -0.4 is 25.8 Å². The molecule has 0 saturated heterocycles. The summed E-state index contributed by atoms with van der Waals surface area (Å²) in [6, 6.07) is 11.0. The zero-order valence-corrected chi connectivity index (χ0v) is 18.2. The van der Waals surface area contributed by atoms with Crippen molar-refractivity contribution in [3.8, 4) is 5.75 Å². The SMILES string of the molecule is CNc1cc(Nc2nccc(Nc3ccc4c(c3S(N)(=O)=O)OC(C)C4)n2)ccc1C. The number of fused-ring (bicyclic) bond motifs is 1. The maximum Gasteiger partial charge on any atom is 0.243 e. The number of aromatic nitrogens is 2. The monoisotopic (exact) mass is 440 g/mol. The highest BCUT2D eigenvalue weighted by Crippen LogP contribution is 2.40. The Balaban J connectivity index is 1.64. The zero-order valence-electron chi connectivity index (χ0n) is 17.4. The molecule has 3 aromatic rings. The molecule has 0 aliphatic carbocycles. The van der Waals surface area contributed by atoms with Crippen LogP contribution in [-0.2, 0) is 16.4 Å². The number of primary sulfonamides is 1. The Morgan fingerprint density at radius 2 is 1.94 bits per heavy atom. The van der Waals surface area contributed by atoms with Crippen molar-refractivity contribution in [2.75, 3.05) is 23.0 Å². The van der Waals surface area contributed by atoms with Crippen molar-refractivity contribution in [1.82, 2.24) is 9.97 Å². The topological polar surface area (TPSA) is 131 Å². The fourth-order valence-corrected chi connectivity index (χ4v) is 4.41. The van der Waals surface area contributed by atoms with E-state index in [0.29, 0.717) is 29.6 Å². The molecule has 1 aromatic heterocycles. The van der Waals surface area contributed by atoms with E-state index in [1.165, 1.54) is 0 Å². The lowest BCUT2D eigenvalue weighted by Gasteiger charge is -2.15. The molecule has 1 aliphatic rings. The fraction of sp³-hybridized carbons (Fsp3) is 0.238. The third kappa shape index (κ3) is 4.39. The maximum atomic E-state index is 12.3. The summed E-state index contributed by atoms with van der Waals surface area (Å²) in [5, 5.41) is 14.8.